The number of hydrogen-bond acceptors (Lipinski definition) is 2. The first kappa shape index (κ1) is 12.7. The molecule has 0 aliphatic carbocycles. The van der Waals surface area contributed by atoms with E-state index in [2.05, 4.69) is 47.2 Å². The van der Waals surface area contributed by atoms with Gasteiger partial charge in [-0.2, -0.15) is 0 Å². The topological polar surface area (TPSA) is 21.3 Å². The van der Waals surface area contributed by atoms with Crippen LogP contribution in [-0.2, 0) is 11.3 Å². The molecule has 0 heterocycles. The molecule has 1 rings (SSSR count). The summed E-state index contributed by atoms with van der Waals surface area (Å²) in [4.78, 5) is 0. The van der Waals surface area contributed by atoms with Gasteiger partial charge in [0.05, 0.1) is 6.61 Å². The Balaban J connectivity index is 2.49. The van der Waals surface area contributed by atoms with Crippen molar-refractivity contribution in [3.05, 3.63) is 34.3 Å². The number of rotatable bonds is 5. The fourth-order valence-corrected chi connectivity index (χ4v) is 1.85. The van der Waals surface area contributed by atoms with Crippen LogP contribution in [-0.4, -0.2) is 19.3 Å². The normalized spacial score (nSPS) is 11.7. The molecule has 15 heavy (non-hydrogen) atoms. The first-order chi connectivity index (χ1) is 7.03. The van der Waals surface area contributed by atoms with Gasteiger partial charge in [-0.05, 0) is 31.5 Å². The minimum atomic E-state index is 0.0110. The van der Waals surface area contributed by atoms with Gasteiger partial charge in [-0.15, -0.1) is 0 Å². The Morgan fingerprint density at radius 3 is 2.73 bits per heavy atom. The Labute approximate surface area is 100 Å². The highest BCUT2D eigenvalue weighted by Gasteiger charge is 2.15. The van der Waals surface area contributed by atoms with Gasteiger partial charge in [0.15, 0.2) is 0 Å². The monoisotopic (exact) mass is 271 g/mol. The van der Waals surface area contributed by atoms with Crippen molar-refractivity contribution in [1.29, 1.82) is 0 Å². The quantitative estimate of drug-likeness (QED) is 0.889. The average molecular weight is 272 g/mol. The number of benzene rings is 1. The van der Waals surface area contributed by atoms with Gasteiger partial charge in [-0.25, -0.2) is 0 Å². The van der Waals surface area contributed by atoms with Gasteiger partial charge in [-0.3, -0.25) is 0 Å². The fourth-order valence-electron chi connectivity index (χ4n) is 1.40. The van der Waals surface area contributed by atoms with E-state index in [1.165, 1.54) is 5.56 Å². The lowest BCUT2D eigenvalue weighted by Crippen LogP contribution is -2.42. The molecule has 1 aromatic carbocycles. The van der Waals surface area contributed by atoms with Crippen LogP contribution < -0.4 is 5.32 Å². The summed E-state index contributed by atoms with van der Waals surface area (Å²) in [5.74, 6) is 0. The predicted molar refractivity (Wildman–Crippen MR) is 66.9 cm³/mol. The molecule has 1 N–H and O–H groups in total. The highest BCUT2D eigenvalue weighted by molar-refractivity contribution is 9.10. The molecule has 84 valence electrons. The van der Waals surface area contributed by atoms with Crippen LogP contribution in [0.1, 0.15) is 19.4 Å². The molecule has 0 atom stereocenters. The van der Waals surface area contributed by atoms with E-state index < -0.39 is 0 Å². The summed E-state index contributed by atoms with van der Waals surface area (Å²) in [5.41, 5.74) is 1.28. The van der Waals surface area contributed by atoms with Gasteiger partial charge < -0.3 is 10.1 Å². The smallest absolute Gasteiger partial charge is 0.0639 e. The second kappa shape index (κ2) is 5.64. The number of halogens is 1. The maximum atomic E-state index is 5.15. The third-order valence-electron chi connectivity index (χ3n) is 2.17. The molecule has 0 unspecified atom stereocenters. The van der Waals surface area contributed by atoms with Crippen LogP contribution in [0.5, 0.6) is 0 Å². The van der Waals surface area contributed by atoms with Crippen LogP contribution >= 0.6 is 15.9 Å². The lowest BCUT2D eigenvalue weighted by atomic mass is 10.1. The van der Waals surface area contributed by atoms with E-state index in [0.717, 1.165) is 11.0 Å². The van der Waals surface area contributed by atoms with Crippen LogP contribution in [0.15, 0.2) is 28.7 Å². The van der Waals surface area contributed by atoms with Gasteiger partial charge in [0.2, 0.25) is 0 Å². The molecule has 0 spiro atoms. The first-order valence-corrected chi connectivity index (χ1v) is 5.81. The zero-order valence-corrected chi connectivity index (χ0v) is 11.1. The summed E-state index contributed by atoms with van der Waals surface area (Å²) in [5, 5.41) is 3.46. The van der Waals surface area contributed by atoms with Crippen molar-refractivity contribution in [2.24, 2.45) is 0 Å². The van der Waals surface area contributed by atoms with Crippen LogP contribution in [0, 0.1) is 0 Å². The van der Waals surface area contributed by atoms with Crippen molar-refractivity contribution in [3.63, 3.8) is 0 Å². The van der Waals surface area contributed by atoms with Crippen LogP contribution in [0.4, 0.5) is 0 Å². The van der Waals surface area contributed by atoms with Gasteiger partial charge in [0, 0.05) is 23.7 Å². The summed E-state index contributed by atoms with van der Waals surface area (Å²) in [6.45, 7) is 5.83. The molecule has 0 saturated carbocycles. The summed E-state index contributed by atoms with van der Waals surface area (Å²) in [6, 6.07) is 8.31. The maximum Gasteiger partial charge on any atom is 0.0639 e. The number of nitrogens with one attached hydrogen (secondary N) is 1. The summed E-state index contributed by atoms with van der Waals surface area (Å²) < 4.78 is 6.26. The molecular weight excluding hydrogens is 254 g/mol. The molecule has 0 fully saturated rings. The van der Waals surface area contributed by atoms with Gasteiger partial charge in [0.25, 0.3) is 0 Å². The molecule has 0 amide bonds. The summed E-state index contributed by atoms with van der Waals surface area (Å²) in [7, 11) is 1.72. The highest BCUT2D eigenvalue weighted by Crippen LogP contribution is 2.12. The predicted octanol–water partition coefficient (Wildman–Crippen LogP) is 2.96. The van der Waals surface area contributed by atoms with E-state index in [-0.39, 0.29) is 5.54 Å². The summed E-state index contributed by atoms with van der Waals surface area (Å²) in [6.07, 6.45) is 0. The molecule has 1 aromatic rings. The maximum absolute atomic E-state index is 5.15. The molecule has 0 bridgehead atoms. The minimum Gasteiger partial charge on any atom is -0.383 e. The molecule has 3 heteroatoms. The van der Waals surface area contributed by atoms with Gasteiger partial charge >= 0.3 is 0 Å². The molecular formula is C12H18BrNO. The van der Waals surface area contributed by atoms with Crippen LogP contribution in [0.3, 0.4) is 0 Å². The Bertz CT molecular complexity index is 312. The second-order valence-corrected chi connectivity index (χ2v) is 5.22. The number of methoxy groups -OCH3 is 1. The van der Waals surface area contributed by atoms with E-state index >= 15 is 0 Å². The average Bonchev–Trinajstić information content (AvgIpc) is 2.15. The Morgan fingerprint density at radius 2 is 2.13 bits per heavy atom. The zero-order chi connectivity index (χ0) is 11.3. The third kappa shape index (κ3) is 4.78. The second-order valence-electron chi connectivity index (χ2n) is 4.30. The standard InChI is InChI=1S/C12H18BrNO/c1-12(2,9-15-3)14-8-10-5-4-6-11(13)7-10/h4-7,14H,8-9H2,1-3H3. The van der Waals surface area contributed by atoms with Crippen molar-refractivity contribution >= 4 is 15.9 Å². The van der Waals surface area contributed by atoms with Gasteiger partial charge in [0.1, 0.15) is 0 Å². The SMILES string of the molecule is COCC(C)(C)NCc1cccc(Br)c1. The molecule has 0 aliphatic heterocycles. The van der Waals surface area contributed by atoms with Crippen molar-refractivity contribution in [2.75, 3.05) is 13.7 Å². The van der Waals surface area contributed by atoms with Crippen molar-refractivity contribution < 1.29 is 4.74 Å². The zero-order valence-electron chi connectivity index (χ0n) is 9.51. The Hall–Kier alpha value is -0.380. The third-order valence-corrected chi connectivity index (χ3v) is 2.66. The van der Waals surface area contributed by atoms with Crippen molar-refractivity contribution in [3.8, 4) is 0 Å². The molecule has 2 nitrogen and oxygen atoms in total. The molecule has 0 aliphatic rings. The largest absolute Gasteiger partial charge is 0.383 e. The fraction of sp³-hybridized carbons (Fsp3) is 0.500. The molecule has 0 aromatic heterocycles. The van der Waals surface area contributed by atoms with Gasteiger partial charge in [-0.1, -0.05) is 28.1 Å². The molecule has 0 radical (unpaired) electrons. The van der Waals surface area contributed by atoms with E-state index in [1.54, 1.807) is 7.11 Å². The highest BCUT2D eigenvalue weighted by atomic mass is 79.9. The molecule has 0 saturated heterocycles. The minimum absolute atomic E-state index is 0.0110. The van der Waals surface area contributed by atoms with E-state index in [1.807, 2.05) is 12.1 Å². The van der Waals surface area contributed by atoms with Crippen molar-refractivity contribution in [2.45, 2.75) is 25.9 Å². The van der Waals surface area contributed by atoms with Crippen molar-refractivity contribution in [1.82, 2.24) is 5.32 Å². The Kier molecular flexibility index (Phi) is 4.77. The van der Waals surface area contributed by atoms with E-state index in [9.17, 15) is 0 Å². The first-order valence-electron chi connectivity index (χ1n) is 5.02. The van der Waals surface area contributed by atoms with Crippen LogP contribution in [0.25, 0.3) is 0 Å². The van der Waals surface area contributed by atoms with Crippen LogP contribution in [0.2, 0.25) is 0 Å². The Morgan fingerprint density at radius 1 is 1.40 bits per heavy atom. The number of hydrogen-bond donors (Lipinski definition) is 1. The lowest BCUT2D eigenvalue weighted by Gasteiger charge is -2.25. The lowest BCUT2D eigenvalue weighted by molar-refractivity contribution is 0.128. The summed E-state index contributed by atoms with van der Waals surface area (Å²) >= 11 is 3.46. The van der Waals surface area contributed by atoms with E-state index in [4.69, 9.17) is 4.74 Å². The van der Waals surface area contributed by atoms with E-state index in [0.29, 0.717) is 6.61 Å². The number of ether oxygens (including phenoxy) is 1.